The van der Waals surface area contributed by atoms with Crippen LogP contribution in [0.4, 0.5) is 10.8 Å². The Hall–Kier alpha value is -3.64. The molecule has 1 aromatic heterocycles. The molecular weight excluding hydrogens is 442 g/mol. The van der Waals surface area contributed by atoms with E-state index in [4.69, 9.17) is 0 Å². The second kappa shape index (κ2) is 7.89. The molecule has 2 N–H and O–H groups in total. The maximum absolute atomic E-state index is 12.6. The van der Waals surface area contributed by atoms with Gasteiger partial charge in [-0.1, -0.05) is 23.5 Å². The summed E-state index contributed by atoms with van der Waals surface area (Å²) in [7, 11) is -3.94. The molecule has 0 fully saturated rings. The third-order valence-corrected chi connectivity index (χ3v) is 6.65. The fourth-order valence-corrected chi connectivity index (χ4v) is 4.93. The molecule has 0 saturated heterocycles. The quantitative estimate of drug-likeness (QED) is 0.541. The number of aromatic nitrogens is 2. The van der Waals surface area contributed by atoms with Gasteiger partial charge < -0.3 is 5.32 Å². The van der Waals surface area contributed by atoms with Gasteiger partial charge in [0.2, 0.25) is 11.0 Å². The van der Waals surface area contributed by atoms with Crippen molar-refractivity contribution in [3.05, 3.63) is 64.7 Å². The molecule has 0 saturated carbocycles. The minimum absolute atomic E-state index is 0.00227. The van der Waals surface area contributed by atoms with Crippen LogP contribution in [0.15, 0.2) is 53.4 Å². The zero-order valence-electron chi connectivity index (χ0n) is 16.0. The molecule has 3 aromatic rings. The van der Waals surface area contributed by atoms with Gasteiger partial charge in [0, 0.05) is 12.6 Å². The third-order valence-electron chi connectivity index (χ3n) is 4.35. The van der Waals surface area contributed by atoms with E-state index in [2.05, 4.69) is 20.2 Å². The van der Waals surface area contributed by atoms with Crippen LogP contribution < -0.4 is 10.0 Å². The van der Waals surface area contributed by atoms with Crippen LogP contribution in [-0.4, -0.2) is 41.2 Å². The van der Waals surface area contributed by atoms with Gasteiger partial charge >= 0.3 is 0 Å². The molecule has 12 heteroatoms. The molecule has 3 amide bonds. The lowest BCUT2D eigenvalue weighted by molar-refractivity contribution is -0.114. The molecule has 1 aliphatic heterocycles. The van der Waals surface area contributed by atoms with E-state index in [1.54, 1.807) is 24.3 Å². The lowest BCUT2D eigenvalue weighted by Crippen LogP contribution is -2.29. The average molecular weight is 457 g/mol. The highest BCUT2D eigenvalue weighted by molar-refractivity contribution is 7.93. The molecule has 0 atom stereocenters. The number of rotatable bonds is 6. The smallest absolute Gasteiger partial charge is 0.263 e. The van der Waals surface area contributed by atoms with Crippen molar-refractivity contribution in [2.45, 2.75) is 18.4 Å². The summed E-state index contributed by atoms with van der Waals surface area (Å²) in [5, 5.41) is 10.5. The summed E-state index contributed by atoms with van der Waals surface area (Å²) in [5.74, 6) is -1.14. The average Bonchev–Trinajstić information content (AvgIpc) is 3.26. The number of sulfonamides is 1. The van der Waals surface area contributed by atoms with Crippen LogP contribution in [0.25, 0.3) is 0 Å². The molecule has 1 aliphatic rings. The van der Waals surface area contributed by atoms with E-state index >= 15 is 0 Å². The molecule has 0 aliphatic carbocycles. The van der Waals surface area contributed by atoms with Crippen LogP contribution in [0.2, 0.25) is 0 Å². The first kappa shape index (κ1) is 20.6. The zero-order chi connectivity index (χ0) is 22.2. The summed E-state index contributed by atoms with van der Waals surface area (Å²) >= 11 is 0.920. The van der Waals surface area contributed by atoms with Crippen molar-refractivity contribution in [1.82, 2.24) is 15.1 Å². The molecule has 0 radical (unpaired) electrons. The molecule has 10 nitrogen and oxygen atoms in total. The Bertz CT molecular complexity index is 1270. The molecule has 158 valence electrons. The Morgan fingerprint density at radius 1 is 1.00 bits per heavy atom. The largest absolute Gasteiger partial charge is 0.326 e. The molecule has 0 unspecified atom stereocenters. The van der Waals surface area contributed by atoms with Gasteiger partial charge in [0.05, 0.1) is 22.6 Å². The van der Waals surface area contributed by atoms with E-state index in [1.165, 1.54) is 31.2 Å². The molecule has 4 rings (SSSR count). The van der Waals surface area contributed by atoms with Gasteiger partial charge in [0.25, 0.3) is 21.8 Å². The molecule has 31 heavy (non-hydrogen) atoms. The minimum atomic E-state index is -3.94. The van der Waals surface area contributed by atoms with Crippen LogP contribution in [0, 0.1) is 0 Å². The van der Waals surface area contributed by atoms with Crippen molar-refractivity contribution in [3.8, 4) is 0 Å². The first-order valence-electron chi connectivity index (χ1n) is 8.93. The van der Waals surface area contributed by atoms with Crippen LogP contribution in [0.3, 0.4) is 0 Å². The van der Waals surface area contributed by atoms with Gasteiger partial charge in [-0.3, -0.25) is 24.0 Å². The lowest BCUT2D eigenvalue weighted by atomic mass is 10.1. The van der Waals surface area contributed by atoms with E-state index in [0.29, 0.717) is 21.8 Å². The van der Waals surface area contributed by atoms with Gasteiger partial charge in [0.1, 0.15) is 5.01 Å². The number of nitrogens with zero attached hydrogens (tertiary/aromatic N) is 3. The van der Waals surface area contributed by atoms with Crippen molar-refractivity contribution in [1.29, 1.82) is 0 Å². The van der Waals surface area contributed by atoms with Crippen LogP contribution in [-0.2, 0) is 21.4 Å². The number of amides is 3. The SMILES string of the molecule is CC(=O)Nc1ccc(S(=O)(=O)Nc2nnc(CN3C(=O)c4ccccc4C3=O)s2)cc1. The van der Waals surface area contributed by atoms with Crippen molar-refractivity contribution in [3.63, 3.8) is 0 Å². The summed E-state index contributed by atoms with van der Waals surface area (Å²) < 4.78 is 27.4. The molecular formula is C19H15N5O5S2. The second-order valence-electron chi connectivity index (χ2n) is 6.55. The summed E-state index contributed by atoms with van der Waals surface area (Å²) in [4.78, 5) is 37.0. The van der Waals surface area contributed by atoms with Crippen molar-refractivity contribution in [2.75, 3.05) is 10.0 Å². The van der Waals surface area contributed by atoms with Crippen molar-refractivity contribution >= 4 is 49.9 Å². The Morgan fingerprint density at radius 3 is 2.19 bits per heavy atom. The van der Waals surface area contributed by atoms with Gasteiger partial charge in [0.15, 0.2) is 0 Å². The number of hydrogen-bond acceptors (Lipinski definition) is 8. The Kier molecular flexibility index (Phi) is 5.25. The Balaban J connectivity index is 1.46. The van der Waals surface area contributed by atoms with Gasteiger partial charge in [-0.2, -0.15) is 0 Å². The van der Waals surface area contributed by atoms with Crippen LogP contribution >= 0.6 is 11.3 Å². The number of hydrogen-bond donors (Lipinski definition) is 2. The van der Waals surface area contributed by atoms with E-state index < -0.39 is 21.8 Å². The molecule has 2 heterocycles. The van der Waals surface area contributed by atoms with Crippen LogP contribution in [0.1, 0.15) is 32.6 Å². The Morgan fingerprint density at radius 2 is 1.61 bits per heavy atom. The highest BCUT2D eigenvalue weighted by Crippen LogP contribution is 2.27. The number of fused-ring (bicyclic) bond motifs is 1. The maximum Gasteiger partial charge on any atom is 0.263 e. The first-order chi connectivity index (χ1) is 14.7. The standard InChI is InChI=1S/C19H15N5O5S2/c1-11(25)20-12-6-8-13(9-7-12)31(28,29)23-19-22-21-16(30-19)10-24-17(26)14-4-2-3-5-15(14)18(24)27/h2-9H,10H2,1H3,(H,20,25)(H,22,23). The number of benzene rings is 2. The van der Waals surface area contributed by atoms with E-state index in [9.17, 15) is 22.8 Å². The van der Waals surface area contributed by atoms with Crippen molar-refractivity contribution in [2.24, 2.45) is 0 Å². The summed E-state index contributed by atoms with van der Waals surface area (Å²) in [6.07, 6.45) is 0. The van der Waals surface area contributed by atoms with Gasteiger partial charge in [-0.05, 0) is 36.4 Å². The highest BCUT2D eigenvalue weighted by atomic mass is 32.2. The lowest BCUT2D eigenvalue weighted by Gasteiger charge is -2.10. The maximum atomic E-state index is 12.6. The monoisotopic (exact) mass is 457 g/mol. The number of anilines is 2. The predicted octanol–water partition coefficient (Wildman–Crippen LogP) is 2.09. The normalized spacial score (nSPS) is 13.3. The Labute approximate surface area is 181 Å². The molecule has 0 bridgehead atoms. The summed E-state index contributed by atoms with van der Waals surface area (Å²) in [6.45, 7) is 1.23. The number of nitrogens with one attached hydrogen (secondary N) is 2. The first-order valence-corrected chi connectivity index (χ1v) is 11.2. The molecule has 2 aromatic carbocycles. The zero-order valence-corrected chi connectivity index (χ0v) is 17.7. The molecule has 0 spiro atoms. The van der Waals surface area contributed by atoms with E-state index in [0.717, 1.165) is 16.2 Å². The van der Waals surface area contributed by atoms with Crippen LogP contribution in [0.5, 0.6) is 0 Å². The second-order valence-corrected chi connectivity index (χ2v) is 9.30. The topological polar surface area (TPSA) is 138 Å². The predicted molar refractivity (Wildman–Crippen MR) is 112 cm³/mol. The summed E-state index contributed by atoms with van der Waals surface area (Å²) in [5.41, 5.74) is 1.10. The fraction of sp³-hybridized carbons (Fsp3) is 0.105. The van der Waals surface area contributed by atoms with Crippen molar-refractivity contribution < 1.29 is 22.8 Å². The fourth-order valence-electron chi connectivity index (χ4n) is 2.97. The highest BCUT2D eigenvalue weighted by Gasteiger charge is 2.35. The number of carbonyl (C=O) groups is 3. The number of imide groups is 1. The number of carbonyl (C=O) groups excluding carboxylic acids is 3. The summed E-state index contributed by atoms with van der Waals surface area (Å²) in [6, 6.07) is 12.1. The van der Waals surface area contributed by atoms with Gasteiger partial charge in [-0.25, -0.2) is 8.42 Å². The minimum Gasteiger partial charge on any atom is -0.326 e. The van der Waals surface area contributed by atoms with E-state index in [1.807, 2.05) is 0 Å². The van der Waals surface area contributed by atoms with E-state index in [-0.39, 0.29) is 22.5 Å². The third kappa shape index (κ3) is 4.15. The van der Waals surface area contributed by atoms with Gasteiger partial charge in [-0.15, -0.1) is 10.2 Å².